The van der Waals surface area contributed by atoms with E-state index in [0.717, 1.165) is 26.1 Å². The Balaban J connectivity index is 0.000000921. The van der Waals surface area contributed by atoms with Crippen LogP contribution in [-0.4, -0.2) is 30.5 Å². The van der Waals surface area contributed by atoms with E-state index >= 15 is 0 Å². The summed E-state index contributed by atoms with van der Waals surface area (Å²) in [7, 11) is 0. The van der Waals surface area contributed by atoms with Crippen LogP contribution in [0.25, 0.3) is 0 Å². The van der Waals surface area contributed by atoms with Gasteiger partial charge in [0, 0.05) is 17.5 Å². The van der Waals surface area contributed by atoms with Crippen molar-refractivity contribution in [3.05, 3.63) is 0 Å². The lowest BCUT2D eigenvalue weighted by Gasteiger charge is -2.09. The van der Waals surface area contributed by atoms with Crippen molar-refractivity contribution in [2.75, 3.05) is 19.6 Å². The second-order valence-corrected chi connectivity index (χ2v) is 4.29. The van der Waals surface area contributed by atoms with Gasteiger partial charge in [-0.3, -0.25) is 0 Å². The minimum absolute atomic E-state index is 0.640. The predicted molar refractivity (Wildman–Crippen MR) is 72.7 cm³/mol. The molecule has 0 aromatic carbocycles. The average molecular weight is 230 g/mol. The molecule has 0 radical (unpaired) electrons. The van der Waals surface area contributed by atoms with Gasteiger partial charge in [0.25, 0.3) is 0 Å². The smallest absolute Gasteiger partial charge is 0.0272 e. The van der Waals surface area contributed by atoms with E-state index in [4.69, 9.17) is 12.2 Å². The largest absolute Gasteiger partial charge is 0.317 e. The molecule has 1 heterocycles. The van der Waals surface area contributed by atoms with Crippen LogP contribution >= 0.6 is 12.2 Å². The lowest BCUT2D eigenvalue weighted by atomic mass is 10.1. The zero-order valence-electron chi connectivity index (χ0n) is 10.4. The van der Waals surface area contributed by atoms with Crippen molar-refractivity contribution in [2.45, 2.75) is 52.5 Å². The van der Waals surface area contributed by atoms with Gasteiger partial charge >= 0.3 is 0 Å². The first kappa shape index (κ1) is 15.0. The third kappa shape index (κ3) is 7.88. The molecule has 0 aromatic heterocycles. The quantitative estimate of drug-likeness (QED) is 0.541. The molecular weight excluding hydrogens is 204 g/mol. The molecule has 2 N–H and O–H groups in total. The molecule has 1 aliphatic rings. The third-order valence-corrected chi connectivity index (χ3v) is 2.75. The van der Waals surface area contributed by atoms with Gasteiger partial charge < -0.3 is 10.6 Å². The number of thiocarbonyl (C=S) groups is 1. The summed E-state index contributed by atoms with van der Waals surface area (Å²) in [6.07, 6.45) is 4.88. The van der Waals surface area contributed by atoms with E-state index in [9.17, 15) is 0 Å². The van der Waals surface area contributed by atoms with Crippen LogP contribution in [0.3, 0.4) is 0 Å². The van der Waals surface area contributed by atoms with E-state index in [0.29, 0.717) is 6.04 Å². The summed E-state index contributed by atoms with van der Waals surface area (Å²) < 4.78 is 0. The highest BCUT2D eigenvalue weighted by molar-refractivity contribution is 7.80. The molecule has 1 atom stereocenters. The van der Waals surface area contributed by atoms with Crippen molar-refractivity contribution in [3.63, 3.8) is 0 Å². The van der Waals surface area contributed by atoms with Crippen LogP contribution in [0.4, 0.5) is 0 Å². The van der Waals surface area contributed by atoms with Crippen molar-refractivity contribution in [1.82, 2.24) is 10.6 Å². The number of unbranched alkanes of at least 4 members (excludes halogenated alkanes) is 1. The van der Waals surface area contributed by atoms with Gasteiger partial charge in [-0.15, -0.1) is 0 Å². The molecular formula is C12H26N2S. The third-order valence-electron chi connectivity index (χ3n) is 2.44. The Morgan fingerprint density at radius 2 is 2.13 bits per heavy atom. The molecule has 0 saturated carbocycles. The Morgan fingerprint density at radius 3 is 2.67 bits per heavy atom. The topological polar surface area (TPSA) is 24.1 Å². The van der Waals surface area contributed by atoms with Crippen LogP contribution < -0.4 is 10.6 Å². The molecule has 0 bridgehead atoms. The fourth-order valence-electron chi connectivity index (χ4n) is 1.58. The molecule has 1 unspecified atom stereocenters. The zero-order chi connectivity index (χ0) is 11.5. The van der Waals surface area contributed by atoms with E-state index in [2.05, 4.69) is 17.6 Å². The highest BCUT2D eigenvalue weighted by Gasteiger charge is 2.17. The Morgan fingerprint density at radius 1 is 1.40 bits per heavy atom. The number of rotatable bonds is 6. The fourth-order valence-corrected chi connectivity index (χ4v) is 1.87. The minimum Gasteiger partial charge on any atom is -0.317 e. The van der Waals surface area contributed by atoms with Crippen LogP contribution in [0.2, 0.25) is 0 Å². The van der Waals surface area contributed by atoms with Crippen molar-refractivity contribution in [3.8, 4) is 0 Å². The van der Waals surface area contributed by atoms with Gasteiger partial charge in [-0.25, -0.2) is 0 Å². The maximum Gasteiger partial charge on any atom is 0.0272 e. The molecule has 3 heteroatoms. The molecule has 1 rings (SSSR count). The van der Waals surface area contributed by atoms with E-state index in [1.807, 2.05) is 13.8 Å². The van der Waals surface area contributed by atoms with Crippen LogP contribution in [0.15, 0.2) is 0 Å². The van der Waals surface area contributed by atoms with Crippen LogP contribution in [-0.2, 0) is 0 Å². The molecule has 15 heavy (non-hydrogen) atoms. The predicted octanol–water partition coefficient (Wildman–Crippen LogP) is 2.52. The summed E-state index contributed by atoms with van der Waals surface area (Å²) >= 11 is 5.13. The number of hydrogen-bond donors (Lipinski definition) is 2. The van der Waals surface area contributed by atoms with Crippen molar-refractivity contribution in [2.24, 2.45) is 0 Å². The summed E-state index contributed by atoms with van der Waals surface area (Å²) in [6.45, 7) is 9.46. The molecule has 0 spiro atoms. The molecule has 1 aliphatic heterocycles. The first-order valence-electron chi connectivity index (χ1n) is 6.28. The molecule has 2 nitrogen and oxygen atoms in total. The normalized spacial score (nSPS) is 19.9. The summed E-state index contributed by atoms with van der Waals surface area (Å²) in [4.78, 5) is 1.19. The van der Waals surface area contributed by atoms with E-state index in [-0.39, 0.29) is 0 Å². The maximum atomic E-state index is 5.13. The second kappa shape index (κ2) is 10.5. The number of hydrogen-bond acceptors (Lipinski definition) is 3. The second-order valence-electron chi connectivity index (χ2n) is 3.71. The van der Waals surface area contributed by atoms with Crippen LogP contribution in [0.1, 0.15) is 46.5 Å². The highest BCUT2D eigenvalue weighted by Crippen LogP contribution is 2.06. The van der Waals surface area contributed by atoms with E-state index in [1.165, 1.54) is 24.1 Å². The molecule has 1 fully saturated rings. The van der Waals surface area contributed by atoms with Gasteiger partial charge in [0.05, 0.1) is 0 Å². The van der Waals surface area contributed by atoms with Crippen molar-refractivity contribution >= 4 is 17.1 Å². The molecule has 0 amide bonds. The lowest BCUT2D eigenvalue weighted by Crippen LogP contribution is -2.27. The summed E-state index contributed by atoms with van der Waals surface area (Å²) in [5.74, 6) is 0. The van der Waals surface area contributed by atoms with Gasteiger partial charge in [0.1, 0.15) is 0 Å². The SMILES string of the molecule is CC.CCCCNCCC1CC(=S)CN1. The molecule has 0 aliphatic carbocycles. The first-order valence-corrected chi connectivity index (χ1v) is 6.69. The lowest BCUT2D eigenvalue weighted by molar-refractivity contribution is 0.522. The maximum absolute atomic E-state index is 5.13. The Kier molecular flexibility index (Phi) is 10.5. The summed E-state index contributed by atoms with van der Waals surface area (Å²) in [5.41, 5.74) is 0. The Bertz CT molecular complexity index is 160. The average Bonchev–Trinajstić information content (AvgIpc) is 2.67. The Hall–Kier alpha value is 0.01000. The van der Waals surface area contributed by atoms with Crippen molar-refractivity contribution < 1.29 is 0 Å². The van der Waals surface area contributed by atoms with Gasteiger partial charge in [-0.05, 0) is 32.4 Å². The summed E-state index contributed by atoms with van der Waals surface area (Å²) in [5, 5.41) is 6.86. The fraction of sp³-hybridized carbons (Fsp3) is 0.917. The molecule has 0 aromatic rings. The molecule has 90 valence electrons. The van der Waals surface area contributed by atoms with Crippen molar-refractivity contribution in [1.29, 1.82) is 0 Å². The van der Waals surface area contributed by atoms with Gasteiger partial charge in [-0.2, -0.15) is 0 Å². The first-order chi connectivity index (χ1) is 7.33. The standard InChI is InChI=1S/C10H20N2S.C2H6/c1-2-3-5-11-6-4-9-7-10(13)8-12-9;1-2/h9,11-12H,2-8H2,1H3;1-2H3. The van der Waals surface area contributed by atoms with Crippen LogP contribution in [0.5, 0.6) is 0 Å². The highest BCUT2D eigenvalue weighted by atomic mass is 32.1. The van der Waals surface area contributed by atoms with Gasteiger partial charge in [0.15, 0.2) is 0 Å². The Labute approximate surface area is 100 Å². The van der Waals surface area contributed by atoms with E-state index in [1.54, 1.807) is 0 Å². The van der Waals surface area contributed by atoms with Gasteiger partial charge in [0.2, 0.25) is 0 Å². The van der Waals surface area contributed by atoms with E-state index < -0.39 is 0 Å². The number of nitrogens with one attached hydrogen (secondary N) is 2. The molecule has 1 saturated heterocycles. The minimum atomic E-state index is 0.640. The monoisotopic (exact) mass is 230 g/mol. The van der Waals surface area contributed by atoms with Crippen LogP contribution in [0, 0.1) is 0 Å². The summed E-state index contributed by atoms with van der Waals surface area (Å²) in [6, 6.07) is 0.640. The zero-order valence-corrected chi connectivity index (χ0v) is 11.3. The van der Waals surface area contributed by atoms with Gasteiger partial charge in [-0.1, -0.05) is 39.4 Å².